The number of hydrogen-bond donors (Lipinski definition) is 4. The van der Waals surface area contributed by atoms with E-state index < -0.39 is 63.0 Å². The van der Waals surface area contributed by atoms with Gasteiger partial charge in [-0.15, -0.1) is 0 Å². The summed E-state index contributed by atoms with van der Waals surface area (Å²) >= 11 is 0. The summed E-state index contributed by atoms with van der Waals surface area (Å²) < 4.78 is 49.7. The van der Waals surface area contributed by atoms with Crippen molar-refractivity contribution >= 4 is 7.82 Å². The Morgan fingerprint density at radius 2 is 2.12 bits per heavy atom. The number of halogens is 1. The summed E-state index contributed by atoms with van der Waals surface area (Å²) in [6.45, 7) is -0.626. The number of nitrogens with one attached hydrogen (secondary N) is 1. The van der Waals surface area contributed by atoms with Crippen LogP contribution in [0.2, 0.25) is 0 Å². The fourth-order valence-electron chi connectivity index (χ4n) is 3.59. The fraction of sp³-hybridized carbons (Fsp3) is 0.474. The predicted molar refractivity (Wildman–Crippen MR) is 108 cm³/mol. The summed E-state index contributed by atoms with van der Waals surface area (Å²) in [5.74, 6) is -2.73. The number of H-pyrrole nitrogens is 1. The molecule has 2 aromatic rings. The minimum Gasteiger partial charge on any atom is -0.403 e. The molecule has 14 heteroatoms. The van der Waals surface area contributed by atoms with E-state index in [1.807, 2.05) is 4.98 Å². The van der Waals surface area contributed by atoms with E-state index in [9.17, 15) is 29.5 Å². The molecular weight excluding hydrogens is 466 g/mol. The number of hydrogen-bond acceptors (Lipinski definition) is 10. The van der Waals surface area contributed by atoms with Crippen LogP contribution >= 0.6 is 7.82 Å². The van der Waals surface area contributed by atoms with Crippen LogP contribution in [-0.2, 0) is 38.1 Å². The van der Waals surface area contributed by atoms with Crippen molar-refractivity contribution in [2.24, 2.45) is 0 Å². The second kappa shape index (κ2) is 8.76. The van der Waals surface area contributed by atoms with Crippen molar-refractivity contribution in [1.29, 1.82) is 0 Å². The van der Waals surface area contributed by atoms with Crippen molar-refractivity contribution in [3.8, 4) is 5.75 Å². The minimum atomic E-state index is -4.26. The average molecular weight is 488 g/mol. The summed E-state index contributed by atoms with van der Waals surface area (Å²) in [4.78, 5) is 25.5. The first-order chi connectivity index (χ1) is 15.5. The van der Waals surface area contributed by atoms with Crippen LogP contribution in [0, 0.1) is 6.92 Å². The molecule has 4 N–H and O–H groups in total. The van der Waals surface area contributed by atoms with Crippen LogP contribution in [0.15, 0.2) is 34.0 Å². The molecule has 1 fully saturated rings. The van der Waals surface area contributed by atoms with Crippen molar-refractivity contribution in [3.05, 3.63) is 61.9 Å². The van der Waals surface area contributed by atoms with Crippen LogP contribution in [0.4, 0.5) is 4.39 Å². The van der Waals surface area contributed by atoms with Crippen LogP contribution in [0.5, 0.6) is 5.75 Å². The summed E-state index contributed by atoms with van der Waals surface area (Å²) in [5.41, 5.74) is -0.540. The summed E-state index contributed by atoms with van der Waals surface area (Å²) in [7, 11) is -4.26. The highest BCUT2D eigenvalue weighted by atomic mass is 31.2. The first-order valence-electron chi connectivity index (χ1n) is 9.89. The molecule has 1 saturated heterocycles. The van der Waals surface area contributed by atoms with Gasteiger partial charge in [0.15, 0.2) is 0 Å². The number of para-hydroxylation sites is 1. The average Bonchev–Trinajstić information content (AvgIpc) is 2.99. The molecule has 0 radical (unpaired) electrons. The number of benzene rings is 1. The van der Waals surface area contributed by atoms with Crippen molar-refractivity contribution in [2.45, 2.75) is 50.8 Å². The van der Waals surface area contributed by atoms with Crippen LogP contribution < -0.4 is 15.8 Å². The van der Waals surface area contributed by atoms with Crippen LogP contribution in [0.25, 0.3) is 0 Å². The highest BCUT2D eigenvalue weighted by Gasteiger charge is 2.56. The molecule has 1 aromatic carbocycles. The van der Waals surface area contributed by atoms with Crippen molar-refractivity contribution in [3.63, 3.8) is 0 Å². The third-order valence-electron chi connectivity index (χ3n) is 5.42. The third-order valence-corrected chi connectivity index (χ3v) is 6.72. The second-order valence-corrected chi connectivity index (χ2v) is 9.34. The molecule has 3 heterocycles. The zero-order valence-electron chi connectivity index (χ0n) is 17.3. The number of ether oxygens (including phenoxy) is 1. The van der Waals surface area contributed by atoms with Gasteiger partial charge in [0.05, 0.1) is 25.3 Å². The van der Waals surface area contributed by atoms with Gasteiger partial charge in [-0.3, -0.25) is 23.4 Å². The maximum absolute atomic E-state index is 15.3. The van der Waals surface area contributed by atoms with E-state index in [4.69, 9.17) is 18.3 Å². The number of aromatic amines is 1. The van der Waals surface area contributed by atoms with Crippen molar-refractivity contribution in [1.82, 2.24) is 9.55 Å². The van der Waals surface area contributed by atoms with Crippen LogP contribution in [-0.4, -0.2) is 55.6 Å². The molecular formula is C19H22FN2O10P. The number of rotatable bonds is 6. The van der Waals surface area contributed by atoms with E-state index in [1.54, 1.807) is 25.1 Å². The van der Waals surface area contributed by atoms with E-state index in [-0.39, 0.29) is 17.9 Å². The van der Waals surface area contributed by atoms with Crippen molar-refractivity contribution in [2.75, 3.05) is 6.61 Å². The molecule has 1 unspecified atom stereocenters. The van der Waals surface area contributed by atoms with Gasteiger partial charge >= 0.3 is 13.5 Å². The van der Waals surface area contributed by atoms with Gasteiger partial charge in [-0.1, -0.05) is 18.2 Å². The molecule has 12 nitrogen and oxygen atoms in total. The number of aromatic nitrogens is 2. The lowest BCUT2D eigenvalue weighted by molar-refractivity contribution is -0.195. The number of nitrogens with zero attached hydrogens (tertiary/aromatic N) is 1. The standard InChI is InChI=1S/C19H22FN2O10P/c1-10-3-2-4-11-8-29-33(28,32-15(10)11)30-9-19(20)16(25)14(24)13(31-19)6-22-5-12(7-23)17(26)21-18(22)27/h2-5,13-14,16,23-25H,6-9H2,1H3,(H,21,26,27)/t13-,14-,16-,19+,33?/m0/s1. The molecule has 2 aliphatic heterocycles. The Morgan fingerprint density at radius 1 is 1.36 bits per heavy atom. The summed E-state index contributed by atoms with van der Waals surface area (Å²) in [6.07, 6.45) is -4.34. The maximum Gasteiger partial charge on any atom is 0.530 e. The van der Waals surface area contributed by atoms with Gasteiger partial charge in [0.2, 0.25) is 0 Å². The minimum absolute atomic E-state index is 0.107. The normalized spacial score (nSPS) is 31.2. The third kappa shape index (κ3) is 4.53. The lowest BCUT2D eigenvalue weighted by atomic mass is 10.1. The number of phosphoric ester groups is 1. The topological polar surface area (TPSA) is 170 Å². The van der Waals surface area contributed by atoms with Gasteiger partial charge in [0.1, 0.15) is 30.7 Å². The molecule has 1 aromatic heterocycles. The number of aliphatic hydroxyl groups excluding tert-OH is 3. The molecule has 4 rings (SSSR count). The fourth-order valence-corrected chi connectivity index (χ4v) is 4.88. The zero-order chi connectivity index (χ0) is 24.0. The smallest absolute Gasteiger partial charge is 0.403 e. The number of alkyl halides is 1. The van der Waals surface area contributed by atoms with Gasteiger partial charge in [-0.2, -0.15) is 0 Å². The molecule has 5 atom stereocenters. The zero-order valence-corrected chi connectivity index (χ0v) is 18.2. The molecule has 33 heavy (non-hydrogen) atoms. The van der Waals surface area contributed by atoms with E-state index >= 15 is 4.39 Å². The molecule has 0 spiro atoms. The first kappa shape index (κ1) is 23.8. The van der Waals surface area contributed by atoms with Gasteiger partial charge in [-0.25, -0.2) is 13.8 Å². The Morgan fingerprint density at radius 3 is 2.85 bits per heavy atom. The number of phosphoric acid groups is 1. The van der Waals surface area contributed by atoms with Crippen LogP contribution in [0.1, 0.15) is 16.7 Å². The first-order valence-corrected chi connectivity index (χ1v) is 11.3. The van der Waals surface area contributed by atoms with Gasteiger partial charge < -0.3 is 24.6 Å². The molecule has 0 aliphatic carbocycles. The largest absolute Gasteiger partial charge is 0.530 e. The Balaban J connectivity index is 1.47. The lowest BCUT2D eigenvalue weighted by Gasteiger charge is -2.29. The van der Waals surface area contributed by atoms with Gasteiger partial charge in [0.25, 0.3) is 11.4 Å². The number of fused-ring (bicyclic) bond motifs is 1. The lowest BCUT2D eigenvalue weighted by Crippen LogP contribution is -2.43. The predicted octanol–water partition coefficient (Wildman–Crippen LogP) is -0.142. The van der Waals surface area contributed by atoms with Gasteiger partial charge in [-0.05, 0) is 12.5 Å². The second-order valence-electron chi connectivity index (χ2n) is 7.75. The Hall–Kier alpha value is -2.38. The van der Waals surface area contributed by atoms with Gasteiger partial charge in [0, 0.05) is 11.8 Å². The highest BCUT2D eigenvalue weighted by Crippen LogP contribution is 2.56. The molecule has 0 bridgehead atoms. The van der Waals surface area contributed by atoms with Crippen LogP contribution in [0.3, 0.4) is 0 Å². The quantitative estimate of drug-likeness (QED) is 0.401. The molecule has 0 amide bonds. The molecule has 2 aliphatic rings. The number of aliphatic hydroxyl groups is 3. The Kier molecular flexibility index (Phi) is 6.31. The SMILES string of the molecule is Cc1cccc2c1OP(=O)(OC[C@@]1(F)O[C@@H](Cn3cc(CO)c(=O)[nH]c3=O)[C@H](O)[C@@H]1O)OC2. The Labute approximate surface area is 185 Å². The van der Waals surface area contributed by atoms with E-state index in [2.05, 4.69) is 0 Å². The Bertz CT molecular complexity index is 1220. The monoisotopic (exact) mass is 488 g/mol. The van der Waals surface area contributed by atoms with E-state index in [0.29, 0.717) is 11.1 Å². The number of aryl methyl sites for hydroxylation is 1. The summed E-state index contributed by atoms with van der Waals surface area (Å²) in [6, 6.07) is 5.18. The molecule has 0 saturated carbocycles. The highest BCUT2D eigenvalue weighted by molar-refractivity contribution is 7.49. The maximum atomic E-state index is 15.3. The molecule has 180 valence electrons. The van der Waals surface area contributed by atoms with E-state index in [0.717, 1.165) is 10.8 Å². The van der Waals surface area contributed by atoms with E-state index in [1.165, 1.54) is 0 Å². The van der Waals surface area contributed by atoms with Crippen molar-refractivity contribution < 1.29 is 42.6 Å². The summed E-state index contributed by atoms with van der Waals surface area (Å²) in [5, 5.41) is 29.6.